The fraction of sp³-hybridized carbons (Fsp3) is 0.429. The van der Waals surface area contributed by atoms with Crippen LogP contribution in [0.25, 0.3) is 0 Å². The number of rotatable bonds is 7. The maximum Gasteiger partial charge on any atom is 0.234 e. The molecule has 0 unspecified atom stereocenters. The summed E-state index contributed by atoms with van der Waals surface area (Å²) in [7, 11) is 1.63. The molecule has 1 atom stereocenters. The Bertz CT molecular complexity index is 730. The number of likely N-dealkylation sites (tertiary alicyclic amines) is 1. The molecule has 0 bridgehead atoms. The van der Waals surface area contributed by atoms with Gasteiger partial charge in [-0.2, -0.15) is 0 Å². The number of hydrogen-bond donors (Lipinski definition) is 2. The first-order valence-corrected chi connectivity index (χ1v) is 9.37. The van der Waals surface area contributed by atoms with Crippen LogP contribution in [0.15, 0.2) is 48.7 Å². The zero-order chi connectivity index (χ0) is 19.1. The van der Waals surface area contributed by atoms with Crippen LogP contribution in [0.1, 0.15) is 30.2 Å². The van der Waals surface area contributed by atoms with E-state index in [9.17, 15) is 9.90 Å². The third kappa shape index (κ3) is 5.28. The third-order valence-corrected chi connectivity index (χ3v) is 5.11. The summed E-state index contributed by atoms with van der Waals surface area (Å²) < 4.78 is 5.31. The number of benzene rings is 1. The fourth-order valence-electron chi connectivity index (χ4n) is 3.52. The molecule has 6 nitrogen and oxygen atoms in total. The average molecular weight is 369 g/mol. The Labute approximate surface area is 160 Å². The van der Waals surface area contributed by atoms with Crippen molar-refractivity contribution in [2.24, 2.45) is 5.92 Å². The molecule has 27 heavy (non-hydrogen) atoms. The van der Waals surface area contributed by atoms with E-state index in [1.54, 1.807) is 13.3 Å². The molecule has 2 aromatic rings. The second-order valence-electron chi connectivity index (χ2n) is 6.90. The first kappa shape index (κ1) is 19.3. The highest BCUT2D eigenvalue weighted by molar-refractivity contribution is 5.78. The molecular weight excluding hydrogens is 342 g/mol. The number of nitrogens with zero attached hydrogens (tertiary/aromatic N) is 2. The van der Waals surface area contributed by atoms with Crippen LogP contribution in [0.2, 0.25) is 0 Å². The molecular formula is C21H27N3O3. The number of aromatic nitrogens is 1. The normalized spacial score (nSPS) is 16.7. The Kier molecular flexibility index (Phi) is 6.79. The van der Waals surface area contributed by atoms with E-state index >= 15 is 0 Å². The van der Waals surface area contributed by atoms with Gasteiger partial charge >= 0.3 is 0 Å². The Morgan fingerprint density at radius 3 is 2.70 bits per heavy atom. The van der Waals surface area contributed by atoms with Crippen molar-refractivity contribution in [2.75, 3.05) is 26.7 Å². The standard InChI is InChI=1S/C21H27N3O3/c1-27-19-8-3-2-6-17(19)14-23-20(25)15-24-12-9-16(10-13-24)21(26)18-7-4-5-11-22-18/h2-8,11,16,21,26H,9-10,12-15H2,1H3,(H,23,25)/t21-/m1/s1. The Hall–Kier alpha value is -2.44. The second kappa shape index (κ2) is 9.48. The molecule has 0 aliphatic carbocycles. The Morgan fingerprint density at radius 1 is 1.26 bits per heavy atom. The molecule has 6 heteroatoms. The first-order chi connectivity index (χ1) is 13.2. The van der Waals surface area contributed by atoms with Gasteiger partial charge in [0, 0.05) is 18.3 Å². The lowest BCUT2D eigenvalue weighted by Gasteiger charge is -2.33. The van der Waals surface area contributed by atoms with Crippen LogP contribution in [0.3, 0.4) is 0 Å². The molecule has 1 amide bonds. The summed E-state index contributed by atoms with van der Waals surface area (Å²) in [4.78, 5) is 18.7. The number of ether oxygens (including phenoxy) is 1. The number of hydrogen-bond acceptors (Lipinski definition) is 5. The number of nitrogens with one attached hydrogen (secondary N) is 1. The van der Waals surface area contributed by atoms with E-state index in [1.807, 2.05) is 42.5 Å². The topological polar surface area (TPSA) is 74.7 Å². The zero-order valence-corrected chi connectivity index (χ0v) is 15.7. The predicted octanol–water partition coefficient (Wildman–Crippen LogP) is 2.15. The quantitative estimate of drug-likeness (QED) is 0.782. The molecule has 144 valence electrons. The minimum atomic E-state index is -0.535. The molecule has 2 N–H and O–H groups in total. The molecule has 1 aromatic carbocycles. The van der Waals surface area contributed by atoms with Crippen LogP contribution in [0.4, 0.5) is 0 Å². The number of carbonyl (C=O) groups excluding carboxylic acids is 1. The zero-order valence-electron chi connectivity index (χ0n) is 15.7. The van der Waals surface area contributed by atoms with Crippen molar-refractivity contribution in [3.63, 3.8) is 0 Å². The molecule has 3 rings (SSSR count). The smallest absolute Gasteiger partial charge is 0.234 e. The van der Waals surface area contributed by atoms with E-state index in [0.29, 0.717) is 13.1 Å². The summed E-state index contributed by atoms with van der Waals surface area (Å²) in [5.41, 5.74) is 1.69. The first-order valence-electron chi connectivity index (χ1n) is 9.37. The monoisotopic (exact) mass is 369 g/mol. The fourth-order valence-corrected chi connectivity index (χ4v) is 3.52. The minimum Gasteiger partial charge on any atom is -0.496 e. The van der Waals surface area contributed by atoms with Gasteiger partial charge in [0.1, 0.15) is 5.75 Å². The molecule has 1 saturated heterocycles. The van der Waals surface area contributed by atoms with Gasteiger partial charge in [-0.05, 0) is 50.0 Å². The lowest BCUT2D eigenvalue weighted by molar-refractivity contribution is -0.122. The summed E-state index contributed by atoms with van der Waals surface area (Å²) in [6.45, 7) is 2.44. The van der Waals surface area contributed by atoms with Crippen LogP contribution in [-0.4, -0.2) is 47.6 Å². The summed E-state index contributed by atoms with van der Waals surface area (Å²) in [6.07, 6.45) is 2.89. The van der Waals surface area contributed by atoms with Crippen molar-refractivity contribution < 1.29 is 14.6 Å². The van der Waals surface area contributed by atoms with E-state index in [0.717, 1.165) is 42.9 Å². The molecule has 0 spiro atoms. The lowest BCUT2D eigenvalue weighted by Crippen LogP contribution is -2.42. The van der Waals surface area contributed by atoms with Gasteiger partial charge in [0.05, 0.1) is 25.5 Å². The summed E-state index contributed by atoms with van der Waals surface area (Å²) in [6, 6.07) is 13.3. The number of methoxy groups -OCH3 is 1. The number of piperidine rings is 1. The summed E-state index contributed by atoms with van der Waals surface area (Å²) >= 11 is 0. The molecule has 0 saturated carbocycles. The van der Waals surface area contributed by atoms with Gasteiger partial charge in [-0.3, -0.25) is 14.7 Å². The number of amides is 1. The summed E-state index contributed by atoms with van der Waals surface area (Å²) in [5, 5.41) is 13.5. The van der Waals surface area contributed by atoms with Crippen molar-refractivity contribution in [1.29, 1.82) is 0 Å². The highest BCUT2D eigenvalue weighted by atomic mass is 16.5. The highest BCUT2D eigenvalue weighted by Crippen LogP contribution is 2.29. The predicted molar refractivity (Wildman–Crippen MR) is 103 cm³/mol. The van der Waals surface area contributed by atoms with E-state index in [4.69, 9.17) is 4.74 Å². The van der Waals surface area contributed by atoms with Crippen molar-refractivity contribution in [3.05, 3.63) is 59.9 Å². The van der Waals surface area contributed by atoms with Crippen LogP contribution in [0.5, 0.6) is 5.75 Å². The molecule has 1 aromatic heterocycles. The van der Waals surface area contributed by atoms with Crippen LogP contribution < -0.4 is 10.1 Å². The van der Waals surface area contributed by atoms with Crippen LogP contribution >= 0.6 is 0 Å². The summed E-state index contributed by atoms with van der Waals surface area (Å²) in [5.74, 6) is 0.972. The highest BCUT2D eigenvalue weighted by Gasteiger charge is 2.27. The third-order valence-electron chi connectivity index (χ3n) is 5.11. The Morgan fingerprint density at radius 2 is 2.00 bits per heavy atom. The number of carbonyl (C=O) groups is 1. The molecule has 2 heterocycles. The van der Waals surface area contributed by atoms with Gasteiger partial charge in [-0.25, -0.2) is 0 Å². The van der Waals surface area contributed by atoms with E-state index in [-0.39, 0.29) is 11.8 Å². The maximum atomic E-state index is 12.3. The number of pyridine rings is 1. The SMILES string of the molecule is COc1ccccc1CNC(=O)CN1CCC([C@@H](O)c2ccccn2)CC1. The van der Waals surface area contributed by atoms with Crippen molar-refractivity contribution >= 4 is 5.91 Å². The van der Waals surface area contributed by atoms with Crippen molar-refractivity contribution in [1.82, 2.24) is 15.2 Å². The van der Waals surface area contributed by atoms with E-state index in [2.05, 4.69) is 15.2 Å². The number of aliphatic hydroxyl groups is 1. The molecule has 1 aliphatic heterocycles. The van der Waals surface area contributed by atoms with Crippen molar-refractivity contribution in [3.8, 4) is 5.75 Å². The number of aliphatic hydroxyl groups excluding tert-OH is 1. The van der Waals surface area contributed by atoms with Crippen molar-refractivity contribution in [2.45, 2.75) is 25.5 Å². The number of para-hydroxylation sites is 1. The molecule has 1 fully saturated rings. The van der Waals surface area contributed by atoms with Gasteiger partial charge in [-0.15, -0.1) is 0 Å². The molecule has 1 aliphatic rings. The minimum absolute atomic E-state index is 0.00429. The van der Waals surface area contributed by atoms with E-state index in [1.165, 1.54) is 0 Å². The molecule has 0 radical (unpaired) electrons. The Balaban J connectivity index is 1.43. The van der Waals surface area contributed by atoms with Crippen LogP contribution in [0, 0.1) is 5.92 Å². The van der Waals surface area contributed by atoms with Gasteiger partial charge in [0.15, 0.2) is 0 Å². The largest absolute Gasteiger partial charge is 0.496 e. The van der Waals surface area contributed by atoms with E-state index < -0.39 is 6.10 Å². The van der Waals surface area contributed by atoms with Gasteiger partial charge in [0.2, 0.25) is 5.91 Å². The van der Waals surface area contributed by atoms with Gasteiger partial charge in [0.25, 0.3) is 0 Å². The average Bonchev–Trinajstić information content (AvgIpc) is 2.73. The second-order valence-corrected chi connectivity index (χ2v) is 6.90. The van der Waals surface area contributed by atoms with Gasteiger partial charge < -0.3 is 15.2 Å². The van der Waals surface area contributed by atoms with Gasteiger partial charge in [-0.1, -0.05) is 24.3 Å². The van der Waals surface area contributed by atoms with Crippen LogP contribution in [-0.2, 0) is 11.3 Å². The lowest BCUT2D eigenvalue weighted by atomic mass is 9.89. The maximum absolute atomic E-state index is 12.3.